The zero-order valence-electron chi connectivity index (χ0n) is 7.27. The molecule has 0 aromatic carbocycles. The molecule has 0 amide bonds. The summed E-state index contributed by atoms with van der Waals surface area (Å²) in [5.74, 6) is 0. The third-order valence-corrected chi connectivity index (χ3v) is 1.84. The maximum Gasteiger partial charge on any atom is 0.150 e. The molecule has 0 aliphatic carbocycles. The van der Waals surface area contributed by atoms with Gasteiger partial charge < -0.3 is 19.3 Å². The summed E-state index contributed by atoms with van der Waals surface area (Å²) in [6.45, 7) is 0.417. The van der Waals surface area contributed by atoms with Gasteiger partial charge in [0.2, 0.25) is 0 Å². The average molecular weight is 174 g/mol. The molecule has 1 rings (SSSR count). The zero-order valence-corrected chi connectivity index (χ0v) is 7.27. The van der Waals surface area contributed by atoms with Gasteiger partial charge in [0.05, 0.1) is 12.9 Å². The van der Waals surface area contributed by atoms with Crippen molar-refractivity contribution in [3.63, 3.8) is 0 Å². The maximum atomic E-state index is 9.42. The third-order valence-electron chi connectivity index (χ3n) is 1.84. The summed E-state index contributed by atoms with van der Waals surface area (Å²) in [5, 5.41) is 9.42. The molecule has 0 fully saturated rings. The Morgan fingerprint density at radius 3 is 2.83 bits per heavy atom. The lowest BCUT2D eigenvalue weighted by Gasteiger charge is -2.30. The minimum atomic E-state index is -0.608. The van der Waals surface area contributed by atoms with Gasteiger partial charge in [0.25, 0.3) is 0 Å². The van der Waals surface area contributed by atoms with Gasteiger partial charge >= 0.3 is 0 Å². The van der Waals surface area contributed by atoms with Gasteiger partial charge in [0.15, 0.2) is 0 Å². The van der Waals surface area contributed by atoms with Crippen LogP contribution in [0.3, 0.4) is 0 Å². The fourth-order valence-electron chi connectivity index (χ4n) is 1.22. The number of aliphatic hydroxyl groups is 1. The molecule has 3 unspecified atom stereocenters. The predicted molar refractivity (Wildman–Crippen MR) is 42.7 cm³/mol. The molecule has 1 aliphatic rings. The van der Waals surface area contributed by atoms with Crippen molar-refractivity contribution in [3.8, 4) is 0 Å². The van der Waals surface area contributed by atoms with E-state index in [1.807, 2.05) is 0 Å². The molecule has 70 valence electrons. The fourth-order valence-corrected chi connectivity index (χ4v) is 1.22. The summed E-state index contributed by atoms with van der Waals surface area (Å²) in [6, 6.07) is 0. The van der Waals surface area contributed by atoms with Crippen molar-refractivity contribution in [2.45, 2.75) is 18.3 Å². The van der Waals surface area contributed by atoms with Crippen molar-refractivity contribution >= 4 is 0 Å². The van der Waals surface area contributed by atoms with Crippen molar-refractivity contribution in [3.05, 3.63) is 12.3 Å². The molecule has 1 N–H and O–H groups in total. The Morgan fingerprint density at radius 2 is 2.25 bits per heavy atom. The first-order valence-corrected chi connectivity index (χ1v) is 3.81. The minimum absolute atomic E-state index is 0.222. The van der Waals surface area contributed by atoms with Gasteiger partial charge in [-0.1, -0.05) is 0 Å². The molecule has 4 nitrogen and oxygen atoms in total. The van der Waals surface area contributed by atoms with E-state index >= 15 is 0 Å². The van der Waals surface area contributed by atoms with Crippen molar-refractivity contribution in [1.29, 1.82) is 0 Å². The second kappa shape index (κ2) is 4.45. The van der Waals surface area contributed by atoms with Crippen LogP contribution in [-0.4, -0.2) is 44.2 Å². The Morgan fingerprint density at radius 1 is 1.50 bits per heavy atom. The van der Waals surface area contributed by atoms with Crippen LogP contribution in [0.15, 0.2) is 12.3 Å². The largest absolute Gasteiger partial charge is 0.493 e. The van der Waals surface area contributed by atoms with Gasteiger partial charge in [-0.05, 0) is 6.08 Å². The minimum Gasteiger partial charge on any atom is -0.493 e. The predicted octanol–water partition coefficient (Wildman–Crippen LogP) is -0.0788. The normalized spacial score (nSPS) is 34.8. The smallest absolute Gasteiger partial charge is 0.150 e. The highest BCUT2D eigenvalue weighted by molar-refractivity contribution is 4.97. The number of hydrogen-bond acceptors (Lipinski definition) is 4. The van der Waals surface area contributed by atoms with Gasteiger partial charge in [0.1, 0.15) is 18.3 Å². The summed E-state index contributed by atoms with van der Waals surface area (Å²) >= 11 is 0. The topological polar surface area (TPSA) is 47.9 Å². The Balaban J connectivity index is 2.54. The fraction of sp³-hybridized carbons (Fsp3) is 0.750. The SMILES string of the molecule is COCC1OC=CC(O)C1OC. The van der Waals surface area contributed by atoms with E-state index in [0.29, 0.717) is 6.61 Å². The van der Waals surface area contributed by atoms with Gasteiger partial charge in [-0.3, -0.25) is 0 Å². The molecule has 1 heterocycles. The van der Waals surface area contributed by atoms with Crippen molar-refractivity contribution in [2.24, 2.45) is 0 Å². The quantitative estimate of drug-likeness (QED) is 0.650. The van der Waals surface area contributed by atoms with Gasteiger partial charge in [-0.25, -0.2) is 0 Å². The van der Waals surface area contributed by atoms with E-state index in [-0.39, 0.29) is 12.2 Å². The molecule has 0 aromatic heterocycles. The average Bonchev–Trinajstić information content (AvgIpc) is 2.05. The van der Waals surface area contributed by atoms with Crippen molar-refractivity contribution < 1.29 is 19.3 Å². The van der Waals surface area contributed by atoms with E-state index in [1.54, 1.807) is 20.3 Å². The molecule has 0 bridgehead atoms. The number of hydrogen-bond donors (Lipinski definition) is 1. The summed E-state index contributed by atoms with van der Waals surface area (Å²) in [6.07, 6.45) is 1.86. The van der Waals surface area contributed by atoms with Crippen LogP contribution in [0.1, 0.15) is 0 Å². The van der Waals surface area contributed by atoms with Crippen LogP contribution in [0.2, 0.25) is 0 Å². The second-order valence-electron chi connectivity index (χ2n) is 2.65. The van der Waals surface area contributed by atoms with Crippen molar-refractivity contribution in [1.82, 2.24) is 0 Å². The zero-order chi connectivity index (χ0) is 8.97. The summed E-state index contributed by atoms with van der Waals surface area (Å²) in [5.41, 5.74) is 0. The first-order chi connectivity index (χ1) is 5.79. The maximum absolute atomic E-state index is 9.42. The highest BCUT2D eigenvalue weighted by Gasteiger charge is 2.30. The Kier molecular flexibility index (Phi) is 3.52. The molecular formula is C8H14O4. The molecular weight excluding hydrogens is 160 g/mol. The highest BCUT2D eigenvalue weighted by atomic mass is 16.6. The van der Waals surface area contributed by atoms with Crippen LogP contribution in [0.5, 0.6) is 0 Å². The molecule has 1 aliphatic heterocycles. The number of methoxy groups -OCH3 is 2. The van der Waals surface area contributed by atoms with E-state index < -0.39 is 6.10 Å². The standard InChI is InChI=1S/C8H14O4/c1-10-5-7-8(11-2)6(9)3-4-12-7/h3-4,6-9H,5H2,1-2H3. The van der Waals surface area contributed by atoms with Crippen LogP contribution < -0.4 is 0 Å². The van der Waals surface area contributed by atoms with Gasteiger partial charge in [-0.15, -0.1) is 0 Å². The van der Waals surface area contributed by atoms with Crippen molar-refractivity contribution in [2.75, 3.05) is 20.8 Å². The van der Waals surface area contributed by atoms with Crippen LogP contribution in [0, 0.1) is 0 Å². The lowest BCUT2D eigenvalue weighted by atomic mass is 10.1. The summed E-state index contributed by atoms with van der Waals surface area (Å²) < 4.78 is 15.2. The first-order valence-electron chi connectivity index (χ1n) is 3.81. The Bertz CT molecular complexity index is 157. The van der Waals surface area contributed by atoms with Crippen LogP contribution in [0.25, 0.3) is 0 Å². The highest BCUT2D eigenvalue weighted by Crippen LogP contribution is 2.15. The number of aliphatic hydroxyl groups excluding tert-OH is 1. The van der Waals surface area contributed by atoms with Gasteiger partial charge in [-0.2, -0.15) is 0 Å². The summed E-state index contributed by atoms with van der Waals surface area (Å²) in [7, 11) is 3.12. The molecule has 0 saturated carbocycles. The molecule has 4 heteroatoms. The van der Waals surface area contributed by atoms with Crippen LogP contribution in [0.4, 0.5) is 0 Å². The lowest BCUT2D eigenvalue weighted by Crippen LogP contribution is -2.43. The Labute approximate surface area is 71.7 Å². The van der Waals surface area contributed by atoms with Crippen LogP contribution in [-0.2, 0) is 14.2 Å². The monoisotopic (exact) mass is 174 g/mol. The molecule has 12 heavy (non-hydrogen) atoms. The van der Waals surface area contributed by atoms with Gasteiger partial charge in [0, 0.05) is 14.2 Å². The molecule has 0 radical (unpaired) electrons. The lowest BCUT2D eigenvalue weighted by molar-refractivity contribution is -0.104. The van der Waals surface area contributed by atoms with E-state index in [4.69, 9.17) is 14.2 Å². The molecule has 0 saturated heterocycles. The van der Waals surface area contributed by atoms with Crippen LogP contribution >= 0.6 is 0 Å². The number of ether oxygens (including phenoxy) is 3. The third kappa shape index (κ3) is 1.97. The van der Waals surface area contributed by atoms with E-state index in [9.17, 15) is 5.11 Å². The second-order valence-corrected chi connectivity index (χ2v) is 2.65. The molecule has 3 atom stereocenters. The van der Waals surface area contributed by atoms with E-state index in [2.05, 4.69) is 0 Å². The first kappa shape index (κ1) is 9.51. The Hall–Kier alpha value is -0.580. The molecule has 0 aromatic rings. The van der Waals surface area contributed by atoms with E-state index in [0.717, 1.165) is 0 Å². The summed E-state index contributed by atoms with van der Waals surface area (Å²) in [4.78, 5) is 0. The van der Waals surface area contributed by atoms with E-state index in [1.165, 1.54) is 6.26 Å². The number of rotatable bonds is 3. The molecule has 0 spiro atoms.